The van der Waals surface area contributed by atoms with Gasteiger partial charge in [-0.15, -0.1) is 0 Å². The van der Waals surface area contributed by atoms with Gasteiger partial charge in [0.1, 0.15) is 5.69 Å². The normalized spacial score (nSPS) is 10.3. The Kier molecular flexibility index (Phi) is 6.29. The molecule has 5 nitrogen and oxygen atoms in total. The van der Waals surface area contributed by atoms with E-state index in [1.54, 1.807) is 12.3 Å². The monoisotopic (exact) mass is 312 g/mol. The molecule has 23 heavy (non-hydrogen) atoms. The molecule has 2 N–H and O–H groups in total. The van der Waals surface area contributed by atoms with E-state index in [1.165, 1.54) is 0 Å². The maximum Gasteiger partial charge on any atom is 0.303 e. The minimum Gasteiger partial charge on any atom is -0.481 e. The molecule has 1 heterocycles. The SMILES string of the molecule is O=C(O)CCCCCNC(=O)c1ccc(-c2ccccc2)cn1. The van der Waals surface area contributed by atoms with E-state index in [0.717, 1.165) is 24.0 Å². The van der Waals surface area contributed by atoms with E-state index in [0.29, 0.717) is 18.7 Å². The molecule has 0 radical (unpaired) electrons. The molecule has 0 aliphatic rings. The van der Waals surface area contributed by atoms with Crippen LogP contribution >= 0.6 is 0 Å². The molecular weight excluding hydrogens is 292 g/mol. The highest BCUT2D eigenvalue weighted by molar-refractivity contribution is 5.92. The van der Waals surface area contributed by atoms with E-state index in [9.17, 15) is 9.59 Å². The van der Waals surface area contributed by atoms with Crippen molar-refractivity contribution in [2.45, 2.75) is 25.7 Å². The van der Waals surface area contributed by atoms with Crippen LogP contribution in [-0.2, 0) is 4.79 Å². The topological polar surface area (TPSA) is 79.3 Å². The van der Waals surface area contributed by atoms with E-state index in [4.69, 9.17) is 5.11 Å². The summed E-state index contributed by atoms with van der Waals surface area (Å²) in [5.41, 5.74) is 2.41. The van der Waals surface area contributed by atoms with E-state index in [1.807, 2.05) is 36.4 Å². The summed E-state index contributed by atoms with van der Waals surface area (Å²) in [4.78, 5) is 26.5. The number of nitrogens with zero attached hydrogens (tertiary/aromatic N) is 1. The van der Waals surface area contributed by atoms with Crippen LogP contribution < -0.4 is 5.32 Å². The summed E-state index contributed by atoms with van der Waals surface area (Å²) in [6.07, 6.45) is 4.05. The number of hydrogen-bond acceptors (Lipinski definition) is 3. The van der Waals surface area contributed by atoms with Gasteiger partial charge in [0.05, 0.1) is 0 Å². The standard InChI is InChI=1S/C18H20N2O3/c21-17(22)9-5-2-6-12-19-18(23)16-11-10-15(13-20-16)14-7-3-1-4-8-14/h1,3-4,7-8,10-11,13H,2,5-6,9,12H2,(H,19,23)(H,21,22). The van der Waals surface area contributed by atoms with E-state index in [-0.39, 0.29) is 12.3 Å². The van der Waals surface area contributed by atoms with Gasteiger partial charge in [0, 0.05) is 24.7 Å². The van der Waals surface area contributed by atoms with Crippen molar-refractivity contribution in [1.82, 2.24) is 10.3 Å². The lowest BCUT2D eigenvalue weighted by atomic mass is 10.1. The fourth-order valence-corrected chi connectivity index (χ4v) is 2.20. The van der Waals surface area contributed by atoms with Crippen molar-refractivity contribution < 1.29 is 14.7 Å². The summed E-state index contributed by atoms with van der Waals surface area (Å²) in [6.45, 7) is 0.528. The molecule has 0 saturated carbocycles. The summed E-state index contributed by atoms with van der Waals surface area (Å²) in [5, 5.41) is 11.3. The molecule has 2 rings (SSSR count). The second-order valence-corrected chi connectivity index (χ2v) is 5.26. The first-order valence-corrected chi connectivity index (χ1v) is 7.68. The molecule has 5 heteroatoms. The fraction of sp³-hybridized carbons (Fsp3) is 0.278. The van der Waals surface area contributed by atoms with Crippen LogP contribution in [-0.4, -0.2) is 28.5 Å². The second kappa shape index (κ2) is 8.68. The lowest BCUT2D eigenvalue weighted by molar-refractivity contribution is -0.137. The summed E-state index contributed by atoms with van der Waals surface area (Å²) in [5.74, 6) is -0.986. The molecule has 1 amide bonds. The molecule has 0 aliphatic heterocycles. The van der Waals surface area contributed by atoms with Gasteiger partial charge in [-0.05, 0) is 24.5 Å². The summed E-state index contributed by atoms with van der Waals surface area (Å²) in [6, 6.07) is 13.4. The first-order chi connectivity index (χ1) is 11.2. The van der Waals surface area contributed by atoms with Gasteiger partial charge in [0.2, 0.25) is 0 Å². The molecule has 0 spiro atoms. The first kappa shape index (κ1) is 16.7. The molecule has 1 aromatic carbocycles. The molecule has 120 valence electrons. The van der Waals surface area contributed by atoms with Crippen LogP contribution in [0.5, 0.6) is 0 Å². The number of unbranched alkanes of at least 4 members (excludes halogenated alkanes) is 2. The minimum atomic E-state index is -0.781. The van der Waals surface area contributed by atoms with Crippen molar-refractivity contribution >= 4 is 11.9 Å². The fourth-order valence-electron chi connectivity index (χ4n) is 2.20. The Morgan fingerprint density at radius 1 is 0.957 bits per heavy atom. The number of carbonyl (C=O) groups excluding carboxylic acids is 1. The van der Waals surface area contributed by atoms with Crippen molar-refractivity contribution in [1.29, 1.82) is 0 Å². The van der Waals surface area contributed by atoms with Gasteiger partial charge in [-0.2, -0.15) is 0 Å². The molecule has 0 bridgehead atoms. The molecule has 0 saturated heterocycles. The highest BCUT2D eigenvalue weighted by atomic mass is 16.4. The van der Waals surface area contributed by atoms with Gasteiger partial charge in [0.25, 0.3) is 5.91 Å². The predicted molar refractivity (Wildman–Crippen MR) is 88.1 cm³/mol. The maximum absolute atomic E-state index is 12.0. The number of aliphatic carboxylic acids is 1. The zero-order valence-corrected chi connectivity index (χ0v) is 12.9. The summed E-state index contributed by atoms with van der Waals surface area (Å²) < 4.78 is 0. The number of aromatic nitrogens is 1. The van der Waals surface area contributed by atoms with Crippen LogP contribution in [0.2, 0.25) is 0 Å². The average molecular weight is 312 g/mol. The number of carboxylic acids is 1. The number of rotatable bonds is 8. The Morgan fingerprint density at radius 2 is 1.74 bits per heavy atom. The van der Waals surface area contributed by atoms with Gasteiger partial charge in [-0.25, -0.2) is 0 Å². The van der Waals surface area contributed by atoms with Crippen molar-refractivity contribution in [2.24, 2.45) is 0 Å². The van der Waals surface area contributed by atoms with Gasteiger partial charge in [0.15, 0.2) is 0 Å². The van der Waals surface area contributed by atoms with Crippen molar-refractivity contribution in [3.63, 3.8) is 0 Å². The number of pyridine rings is 1. The van der Waals surface area contributed by atoms with Crippen LogP contribution in [0.3, 0.4) is 0 Å². The Balaban J connectivity index is 1.78. The average Bonchev–Trinajstić information content (AvgIpc) is 2.58. The Labute approximate surface area is 135 Å². The zero-order chi connectivity index (χ0) is 16.5. The third-order valence-corrected chi connectivity index (χ3v) is 3.46. The predicted octanol–water partition coefficient (Wildman–Crippen LogP) is 3.12. The second-order valence-electron chi connectivity index (χ2n) is 5.26. The Bertz CT molecular complexity index is 639. The lowest BCUT2D eigenvalue weighted by Crippen LogP contribution is -2.25. The van der Waals surface area contributed by atoms with Gasteiger partial charge in [-0.3, -0.25) is 14.6 Å². The van der Waals surface area contributed by atoms with Gasteiger partial charge in [-0.1, -0.05) is 42.8 Å². The van der Waals surface area contributed by atoms with Crippen LogP contribution in [0, 0.1) is 0 Å². The highest BCUT2D eigenvalue weighted by Gasteiger charge is 2.07. The van der Waals surface area contributed by atoms with Crippen molar-refractivity contribution in [2.75, 3.05) is 6.54 Å². The maximum atomic E-state index is 12.0. The molecular formula is C18H20N2O3. The van der Waals surface area contributed by atoms with Crippen LogP contribution in [0.15, 0.2) is 48.7 Å². The van der Waals surface area contributed by atoms with Crippen LogP contribution in [0.25, 0.3) is 11.1 Å². The van der Waals surface area contributed by atoms with Gasteiger partial charge >= 0.3 is 5.97 Å². The third kappa shape index (κ3) is 5.54. The van der Waals surface area contributed by atoms with Gasteiger partial charge < -0.3 is 10.4 Å². The molecule has 1 aromatic heterocycles. The Morgan fingerprint density at radius 3 is 2.39 bits per heavy atom. The molecule has 0 fully saturated rings. The minimum absolute atomic E-state index is 0.177. The summed E-state index contributed by atoms with van der Waals surface area (Å²) in [7, 11) is 0. The number of carboxylic acid groups (broad SMARTS) is 1. The largest absolute Gasteiger partial charge is 0.481 e. The van der Waals surface area contributed by atoms with Crippen molar-refractivity contribution in [3.05, 3.63) is 54.4 Å². The Hall–Kier alpha value is -2.69. The number of nitrogens with one attached hydrogen (secondary N) is 1. The van der Waals surface area contributed by atoms with Crippen molar-refractivity contribution in [3.8, 4) is 11.1 Å². The zero-order valence-electron chi connectivity index (χ0n) is 12.9. The number of amides is 1. The van der Waals surface area contributed by atoms with E-state index >= 15 is 0 Å². The van der Waals surface area contributed by atoms with Crippen LogP contribution in [0.1, 0.15) is 36.2 Å². The number of benzene rings is 1. The molecule has 2 aromatic rings. The highest BCUT2D eigenvalue weighted by Crippen LogP contribution is 2.17. The number of carbonyl (C=O) groups is 2. The molecule has 0 aliphatic carbocycles. The quantitative estimate of drug-likeness (QED) is 0.734. The molecule has 0 atom stereocenters. The smallest absolute Gasteiger partial charge is 0.303 e. The lowest BCUT2D eigenvalue weighted by Gasteiger charge is -2.05. The molecule has 0 unspecified atom stereocenters. The summed E-state index contributed by atoms with van der Waals surface area (Å²) >= 11 is 0. The third-order valence-electron chi connectivity index (χ3n) is 3.46. The van der Waals surface area contributed by atoms with E-state index < -0.39 is 5.97 Å². The first-order valence-electron chi connectivity index (χ1n) is 7.68. The van der Waals surface area contributed by atoms with Crippen LogP contribution in [0.4, 0.5) is 0 Å². The number of hydrogen-bond donors (Lipinski definition) is 2. The van der Waals surface area contributed by atoms with E-state index in [2.05, 4.69) is 10.3 Å².